The van der Waals surface area contributed by atoms with Crippen molar-refractivity contribution in [2.24, 2.45) is 0 Å². The van der Waals surface area contributed by atoms with Gasteiger partial charge in [0.1, 0.15) is 6.54 Å². The van der Waals surface area contributed by atoms with Gasteiger partial charge in [0.2, 0.25) is 5.91 Å². The maximum Gasteiger partial charge on any atom is 0.240 e. The van der Waals surface area contributed by atoms with Gasteiger partial charge in [-0.15, -0.1) is 0 Å². The van der Waals surface area contributed by atoms with Gasteiger partial charge in [0, 0.05) is 17.9 Å². The fourth-order valence-electron chi connectivity index (χ4n) is 1.66. The molecule has 1 unspecified atom stereocenters. The molecule has 0 aliphatic rings. The number of hydrogen-bond donors (Lipinski definition) is 2. The van der Waals surface area contributed by atoms with Crippen molar-refractivity contribution in [1.82, 2.24) is 9.88 Å². The van der Waals surface area contributed by atoms with Crippen LogP contribution in [0, 0.1) is 0 Å². The van der Waals surface area contributed by atoms with Crippen LogP contribution in [0.15, 0.2) is 18.5 Å². The van der Waals surface area contributed by atoms with Gasteiger partial charge < -0.3 is 15.0 Å². The normalized spacial score (nSPS) is 13.4. The van der Waals surface area contributed by atoms with Crippen LogP contribution >= 0.6 is 0 Å². The Balaban J connectivity index is 2.57. The lowest BCUT2D eigenvalue weighted by Gasteiger charge is -2.24. The molecule has 1 rings (SSSR count). The predicted molar refractivity (Wildman–Crippen MR) is 72.2 cm³/mol. The van der Waals surface area contributed by atoms with Crippen molar-refractivity contribution in [2.75, 3.05) is 0 Å². The van der Waals surface area contributed by atoms with E-state index in [2.05, 4.69) is 5.32 Å². The zero-order chi connectivity index (χ0) is 13.8. The fraction of sp³-hybridized carbons (Fsp3) is 0.643. The van der Waals surface area contributed by atoms with Gasteiger partial charge in [-0.2, -0.15) is 0 Å². The molecule has 0 spiro atoms. The second kappa shape index (κ2) is 6.05. The van der Waals surface area contributed by atoms with E-state index in [-0.39, 0.29) is 11.4 Å². The number of aliphatic hydroxyl groups is 1. The molecule has 0 aromatic carbocycles. The highest BCUT2D eigenvalue weighted by atomic mass is 16.3. The summed E-state index contributed by atoms with van der Waals surface area (Å²) in [6, 6.07) is 1.85. The minimum Gasteiger partial charge on any atom is -0.388 e. The molecular formula is C14H24N2O2. The lowest BCUT2D eigenvalue weighted by Crippen LogP contribution is -2.44. The van der Waals surface area contributed by atoms with E-state index < -0.39 is 6.10 Å². The Morgan fingerprint density at radius 3 is 2.72 bits per heavy atom. The van der Waals surface area contributed by atoms with Gasteiger partial charge in [-0.25, -0.2) is 0 Å². The van der Waals surface area contributed by atoms with Crippen LogP contribution < -0.4 is 5.32 Å². The second-order valence-corrected chi connectivity index (χ2v) is 5.33. The van der Waals surface area contributed by atoms with E-state index in [0.717, 1.165) is 12.0 Å². The van der Waals surface area contributed by atoms with E-state index in [4.69, 9.17) is 0 Å². The van der Waals surface area contributed by atoms with Crippen molar-refractivity contribution in [1.29, 1.82) is 0 Å². The summed E-state index contributed by atoms with van der Waals surface area (Å²) in [5.41, 5.74) is 0.691. The van der Waals surface area contributed by atoms with Crippen molar-refractivity contribution in [2.45, 2.75) is 58.7 Å². The van der Waals surface area contributed by atoms with Crippen LogP contribution in [0.3, 0.4) is 0 Å². The summed E-state index contributed by atoms with van der Waals surface area (Å²) < 4.78 is 1.80. The number of aromatic nitrogens is 1. The smallest absolute Gasteiger partial charge is 0.240 e. The molecule has 0 saturated heterocycles. The molecule has 2 N–H and O–H groups in total. The fourth-order valence-corrected chi connectivity index (χ4v) is 1.66. The lowest BCUT2D eigenvalue weighted by atomic mass is 10.0. The number of rotatable bonds is 6. The summed E-state index contributed by atoms with van der Waals surface area (Å²) >= 11 is 0. The minimum atomic E-state index is -0.443. The van der Waals surface area contributed by atoms with Crippen molar-refractivity contribution >= 4 is 5.91 Å². The number of nitrogens with one attached hydrogen (secondary N) is 1. The molecule has 18 heavy (non-hydrogen) atoms. The topological polar surface area (TPSA) is 54.3 Å². The molecule has 0 aliphatic heterocycles. The summed E-state index contributed by atoms with van der Waals surface area (Å²) in [5, 5.41) is 12.7. The molecule has 4 nitrogen and oxygen atoms in total. The molecule has 1 heterocycles. The highest BCUT2D eigenvalue weighted by molar-refractivity contribution is 5.76. The van der Waals surface area contributed by atoms with Crippen molar-refractivity contribution in [3.63, 3.8) is 0 Å². The third-order valence-electron chi connectivity index (χ3n) is 3.23. The quantitative estimate of drug-likeness (QED) is 0.815. The third-order valence-corrected chi connectivity index (χ3v) is 3.23. The summed E-state index contributed by atoms with van der Waals surface area (Å²) in [5.74, 6) is -0.00464. The molecule has 0 saturated carbocycles. The Morgan fingerprint density at radius 1 is 1.50 bits per heavy atom. The first-order chi connectivity index (χ1) is 8.38. The highest BCUT2D eigenvalue weighted by Gasteiger charge is 2.17. The molecule has 102 valence electrons. The average Bonchev–Trinajstić information content (AvgIpc) is 2.75. The van der Waals surface area contributed by atoms with E-state index in [1.165, 1.54) is 0 Å². The Bertz CT molecular complexity index is 396. The Kier molecular flexibility index (Phi) is 4.96. The number of nitrogens with zero attached hydrogens (tertiary/aromatic N) is 1. The van der Waals surface area contributed by atoms with E-state index in [1.807, 2.05) is 46.2 Å². The van der Waals surface area contributed by atoms with Gasteiger partial charge in [0.25, 0.3) is 0 Å². The van der Waals surface area contributed by atoms with Crippen LogP contribution in [0.1, 0.15) is 52.2 Å². The summed E-state index contributed by atoms with van der Waals surface area (Å²) in [6.07, 6.45) is 4.78. The van der Waals surface area contributed by atoms with E-state index in [1.54, 1.807) is 4.57 Å². The predicted octanol–water partition coefficient (Wildman–Crippen LogP) is 2.24. The van der Waals surface area contributed by atoms with Gasteiger partial charge in [0.05, 0.1) is 6.10 Å². The molecule has 1 atom stereocenters. The SMILES string of the molecule is CCC(O)c1ccn(CC(=O)NC(C)(C)CC)c1. The first-order valence-electron chi connectivity index (χ1n) is 6.52. The van der Waals surface area contributed by atoms with E-state index in [9.17, 15) is 9.90 Å². The zero-order valence-electron chi connectivity index (χ0n) is 11.7. The Hall–Kier alpha value is -1.29. The van der Waals surface area contributed by atoms with Crippen LogP contribution in [0.4, 0.5) is 0 Å². The average molecular weight is 252 g/mol. The van der Waals surface area contributed by atoms with Crippen LogP contribution in [-0.4, -0.2) is 21.1 Å². The number of carbonyl (C=O) groups excluding carboxylic acids is 1. The lowest BCUT2D eigenvalue weighted by molar-refractivity contribution is -0.123. The highest BCUT2D eigenvalue weighted by Crippen LogP contribution is 2.16. The molecule has 0 bridgehead atoms. The van der Waals surface area contributed by atoms with Gasteiger partial charge >= 0.3 is 0 Å². The number of carbonyl (C=O) groups is 1. The van der Waals surface area contributed by atoms with Crippen molar-refractivity contribution in [3.05, 3.63) is 24.0 Å². The number of amides is 1. The summed E-state index contributed by atoms with van der Waals surface area (Å²) in [7, 11) is 0. The van der Waals surface area contributed by atoms with E-state index in [0.29, 0.717) is 13.0 Å². The van der Waals surface area contributed by atoms with Crippen LogP contribution in [0.5, 0.6) is 0 Å². The maximum atomic E-state index is 11.8. The van der Waals surface area contributed by atoms with Crippen molar-refractivity contribution in [3.8, 4) is 0 Å². The summed E-state index contributed by atoms with van der Waals surface area (Å²) in [6.45, 7) is 8.28. The Morgan fingerprint density at radius 2 is 2.17 bits per heavy atom. The Labute approximate surface area is 109 Å². The van der Waals surface area contributed by atoms with Gasteiger partial charge in [0.15, 0.2) is 0 Å². The molecule has 1 amide bonds. The first kappa shape index (κ1) is 14.8. The van der Waals surface area contributed by atoms with Crippen molar-refractivity contribution < 1.29 is 9.90 Å². The van der Waals surface area contributed by atoms with Crippen LogP contribution in [-0.2, 0) is 11.3 Å². The van der Waals surface area contributed by atoms with Gasteiger partial charge in [-0.1, -0.05) is 13.8 Å². The maximum absolute atomic E-state index is 11.8. The van der Waals surface area contributed by atoms with Gasteiger partial charge in [-0.05, 0) is 38.3 Å². The molecule has 4 heteroatoms. The third kappa shape index (κ3) is 4.18. The number of hydrogen-bond acceptors (Lipinski definition) is 2. The molecule has 0 aliphatic carbocycles. The zero-order valence-corrected chi connectivity index (χ0v) is 11.7. The molecular weight excluding hydrogens is 228 g/mol. The molecule has 0 radical (unpaired) electrons. The van der Waals surface area contributed by atoms with E-state index >= 15 is 0 Å². The first-order valence-corrected chi connectivity index (χ1v) is 6.52. The standard InChI is InChI=1S/C14H24N2O2/c1-5-12(17)11-7-8-16(9-11)10-13(18)15-14(3,4)6-2/h7-9,12,17H,5-6,10H2,1-4H3,(H,15,18). The largest absolute Gasteiger partial charge is 0.388 e. The summed E-state index contributed by atoms with van der Waals surface area (Å²) in [4.78, 5) is 11.8. The molecule has 0 fully saturated rings. The minimum absolute atomic E-state index is 0.00464. The number of aliphatic hydroxyl groups excluding tert-OH is 1. The van der Waals surface area contributed by atoms with Crippen LogP contribution in [0.25, 0.3) is 0 Å². The van der Waals surface area contributed by atoms with Crippen LogP contribution in [0.2, 0.25) is 0 Å². The monoisotopic (exact) mass is 252 g/mol. The van der Waals surface area contributed by atoms with Gasteiger partial charge in [-0.3, -0.25) is 4.79 Å². The second-order valence-electron chi connectivity index (χ2n) is 5.33. The molecule has 1 aromatic rings. The molecule has 1 aromatic heterocycles.